The lowest BCUT2D eigenvalue weighted by Gasteiger charge is -2.36. The normalized spacial score (nSPS) is 20.6. The molecule has 0 radical (unpaired) electrons. The summed E-state index contributed by atoms with van der Waals surface area (Å²) in [5, 5.41) is 0. The van der Waals surface area contributed by atoms with Gasteiger partial charge in [-0.15, -0.1) is 0 Å². The number of anilines is 1. The largest absolute Gasteiger partial charge is 0.378 e. The molecule has 0 aliphatic carbocycles. The molecule has 1 amide bonds. The first-order valence-corrected chi connectivity index (χ1v) is 7.79. The van der Waals surface area contributed by atoms with E-state index >= 15 is 0 Å². The van der Waals surface area contributed by atoms with Gasteiger partial charge in [-0.25, -0.2) is 4.98 Å². The minimum atomic E-state index is 0.170. The lowest BCUT2D eigenvalue weighted by Crippen LogP contribution is -2.47. The summed E-state index contributed by atoms with van der Waals surface area (Å²) in [5.74, 6) is 1.55. The highest BCUT2D eigenvalue weighted by molar-refractivity contribution is 5.79. The Morgan fingerprint density at radius 3 is 2.62 bits per heavy atom. The van der Waals surface area contributed by atoms with Gasteiger partial charge in [-0.05, 0) is 31.4 Å². The molecule has 5 nitrogen and oxygen atoms in total. The van der Waals surface area contributed by atoms with Crippen molar-refractivity contribution in [3.05, 3.63) is 23.9 Å². The Bertz CT molecular complexity index is 492. The van der Waals surface area contributed by atoms with Crippen LogP contribution in [-0.2, 0) is 9.53 Å². The number of nitrogens with zero attached hydrogens (tertiary/aromatic N) is 3. The molecular formula is C16H23N3O2. The van der Waals surface area contributed by atoms with E-state index in [1.807, 2.05) is 17.2 Å². The third-order valence-corrected chi connectivity index (χ3v) is 4.45. The molecule has 3 rings (SSSR count). The maximum atomic E-state index is 12.5. The zero-order valence-corrected chi connectivity index (χ0v) is 12.6. The van der Waals surface area contributed by atoms with E-state index in [0.29, 0.717) is 19.1 Å². The monoisotopic (exact) mass is 289 g/mol. The highest BCUT2D eigenvalue weighted by atomic mass is 16.5. The molecule has 114 valence electrons. The predicted molar refractivity (Wildman–Crippen MR) is 81.3 cm³/mol. The van der Waals surface area contributed by atoms with Crippen molar-refractivity contribution < 1.29 is 9.53 Å². The summed E-state index contributed by atoms with van der Waals surface area (Å²) >= 11 is 0. The number of ether oxygens (including phenoxy) is 1. The third-order valence-electron chi connectivity index (χ3n) is 4.45. The number of piperidine rings is 1. The summed E-state index contributed by atoms with van der Waals surface area (Å²) < 4.78 is 5.31. The van der Waals surface area contributed by atoms with E-state index in [-0.39, 0.29) is 5.92 Å². The predicted octanol–water partition coefficient (Wildman–Crippen LogP) is 1.47. The van der Waals surface area contributed by atoms with Gasteiger partial charge in [0.25, 0.3) is 0 Å². The van der Waals surface area contributed by atoms with Crippen molar-refractivity contribution in [3.63, 3.8) is 0 Å². The van der Waals surface area contributed by atoms with Crippen LogP contribution < -0.4 is 4.90 Å². The van der Waals surface area contributed by atoms with Gasteiger partial charge in [0.15, 0.2) is 0 Å². The smallest absolute Gasteiger partial charge is 0.225 e. The average molecular weight is 289 g/mol. The molecule has 21 heavy (non-hydrogen) atoms. The maximum absolute atomic E-state index is 12.5. The fourth-order valence-electron chi connectivity index (χ4n) is 3.19. The topological polar surface area (TPSA) is 45.7 Å². The third kappa shape index (κ3) is 3.18. The molecule has 2 aliphatic heterocycles. The van der Waals surface area contributed by atoms with Gasteiger partial charge in [0.1, 0.15) is 5.82 Å². The van der Waals surface area contributed by atoms with Crippen molar-refractivity contribution in [2.45, 2.75) is 19.8 Å². The molecule has 5 heteroatoms. The van der Waals surface area contributed by atoms with Crippen LogP contribution in [0.5, 0.6) is 0 Å². The van der Waals surface area contributed by atoms with E-state index in [1.165, 1.54) is 5.56 Å². The Morgan fingerprint density at radius 1 is 1.24 bits per heavy atom. The zero-order valence-electron chi connectivity index (χ0n) is 12.6. The fraction of sp³-hybridized carbons (Fsp3) is 0.625. The molecule has 0 bridgehead atoms. The molecular weight excluding hydrogens is 266 g/mol. The minimum absolute atomic E-state index is 0.170. The van der Waals surface area contributed by atoms with Gasteiger partial charge in [0.2, 0.25) is 5.91 Å². The second-order valence-electron chi connectivity index (χ2n) is 5.84. The van der Waals surface area contributed by atoms with Crippen LogP contribution in [0.1, 0.15) is 18.4 Å². The summed E-state index contributed by atoms with van der Waals surface area (Å²) in [7, 11) is 0. The standard InChI is InChI=1S/C16H23N3O2/c1-13-3-2-6-17-15(13)18-7-4-14(5-8-18)16(20)19-9-11-21-12-10-19/h2-3,6,14H,4-5,7-12H2,1H3. The van der Waals surface area contributed by atoms with E-state index in [4.69, 9.17) is 4.74 Å². The first-order valence-electron chi connectivity index (χ1n) is 7.79. The highest BCUT2D eigenvalue weighted by Crippen LogP contribution is 2.25. The van der Waals surface area contributed by atoms with Crippen molar-refractivity contribution in [2.75, 3.05) is 44.3 Å². The Balaban J connectivity index is 1.57. The van der Waals surface area contributed by atoms with Crippen LogP contribution >= 0.6 is 0 Å². The van der Waals surface area contributed by atoms with Crippen LogP contribution in [0.4, 0.5) is 5.82 Å². The van der Waals surface area contributed by atoms with Crippen LogP contribution in [0.2, 0.25) is 0 Å². The first kappa shape index (κ1) is 14.3. The van der Waals surface area contributed by atoms with Gasteiger partial charge in [-0.3, -0.25) is 4.79 Å². The van der Waals surface area contributed by atoms with E-state index < -0.39 is 0 Å². The molecule has 2 fully saturated rings. The first-order chi connectivity index (χ1) is 10.3. The summed E-state index contributed by atoms with van der Waals surface area (Å²) in [5.41, 5.74) is 1.20. The Morgan fingerprint density at radius 2 is 1.95 bits per heavy atom. The number of carbonyl (C=O) groups excluding carboxylic acids is 1. The second-order valence-corrected chi connectivity index (χ2v) is 5.84. The SMILES string of the molecule is Cc1cccnc1N1CCC(C(=O)N2CCOCC2)CC1. The van der Waals surface area contributed by atoms with E-state index in [9.17, 15) is 4.79 Å². The molecule has 3 heterocycles. The molecule has 0 spiro atoms. The van der Waals surface area contributed by atoms with E-state index in [2.05, 4.69) is 22.9 Å². The van der Waals surface area contributed by atoms with Crippen LogP contribution in [0.3, 0.4) is 0 Å². The quantitative estimate of drug-likeness (QED) is 0.827. The van der Waals surface area contributed by atoms with E-state index in [0.717, 1.165) is 44.8 Å². The van der Waals surface area contributed by atoms with Crippen LogP contribution in [0.15, 0.2) is 18.3 Å². The number of rotatable bonds is 2. The molecule has 1 aromatic heterocycles. The summed E-state index contributed by atoms with van der Waals surface area (Å²) in [4.78, 5) is 21.2. The van der Waals surface area contributed by atoms with Gasteiger partial charge in [0, 0.05) is 38.3 Å². The molecule has 0 unspecified atom stereocenters. The van der Waals surface area contributed by atoms with Crippen molar-refractivity contribution in [3.8, 4) is 0 Å². The van der Waals surface area contributed by atoms with Crippen LogP contribution in [0, 0.1) is 12.8 Å². The molecule has 2 aliphatic rings. The van der Waals surface area contributed by atoms with Gasteiger partial charge >= 0.3 is 0 Å². The van der Waals surface area contributed by atoms with Crippen molar-refractivity contribution in [1.29, 1.82) is 0 Å². The maximum Gasteiger partial charge on any atom is 0.225 e. The lowest BCUT2D eigenvalue weighted by atomic mass is 9.95. The van der Waals surface area contributed by atoms with Crippen LogP contribution in [-0.4, -0.2) is 55.2 Å². The molecule has 0 saturated carbocycles. The molecule has 1 aromatic rings. The van der Waals surface area contributed by atoms with Crippen LogP contribution in [0.25, 0.3) is 0 Å². The number of aromatic nitrogens is 1. The minimum Gasteiger partial charge on any atom is -0.378 e. The van der Waals surface area contributed by atoms with Crippen molar-refractivity contribution in [1.82, 2.24) is 9.88 Å². The van der Waals surface area contributed by atoms with Gasteiger partial charge in [-0.1, -0.05) is 6.07 Å². The molecule has 0 aromatic carbocycles. The zero-order chi connectivity index (χ0) is 14.7. The van der Waals surface area contributed by atoms with Crippen molar-refractivity contribution in [2.24, 2.45) is 5.92 Å². The van der Waals surface area contributed by atoms with Gasteiger partial charge in [0.05, 0.1) is 13.2 Å². The number of hydrogen-bond acceptors (Lipinski definition) is 4. The summed E-state index contributed by atoms with van der Waals surface area (Å²) in [6, 6.07) is 4.06. The summed E-state index contributed by atoms with van der Waals surface area (Å²) in [6.45, 7) is 6.77. The fourth-order valence-corrected chi connectivity index (χ4v) is 3.19. The summed E-state index contributed by atoms with van der Waals surface area (Å²) in [6.07, 6.45) is 3.69. The molecule has 2 saturated heterocycles. The van der Waals surface area contributed by atoms with E-state index in [1.54, 1.807) is 0 Å². The average Bonchev–Trinajstić information content (AvgIpc) is 2.56. The number of amides is 1. The number of pyridine rings is 1. The lowest BCUT2D eigenvalue weighted by molar-refractivity contribution is -0.140. The number of hydrogen-bond donors (Lipinski definition) is 0. The number of morpholine rings is 1. The Labute approximate surface area is 125 Å². The number of carbonyl (C=O) groups is 1. The van der Waals surface area contributed by atoms with Gasteiger partial charge in [-0.2, -0.15) is 0 Å². The Hall–Kier alpha value is -1.62. The molecule has 0 atom stereocenters. The number of aryl methyl sites for hydroxylation is 1. The van der Waals surface area contributed by atoms with Gasteiger partial charge < -0.3 is 14.5 Å². The second kappa shape index (κ2) is 6.43. The Kier molecular flexibility index (Phi) is 4.39. The highest BCUT2D eigenvalue weighted by Gasteiger charge is 2.29. The molecule has 0 N–H and O–H groups in total. The van der Waals surface area contributed by atoms with Crippen molar-refractivity contribution >= 4 is 11.7 Å².